The average Bonchev–Trinajstić information content (AvgIpc) is 2.97. The fourth-order valence-electron chi connectivity index (χ4n) is 3.47. The van der Waals surface area contributed by atoms with Gasteiger partial charge in [0.05, 0.1) is 76.7 Å². The maximum Gasteiger partial charge on any atom is 0.251 e. The second-order valence-corrected chi connectivity index (χ2v) is 11.1. The number of hydrogen-bond donors (Lipinski definition) is 2. The van der Waals surface area contributed by atoms with Crippen LogP contribution in [-0.2, 0) is 33.5 Å². The van der Waals surface area contributed by atoms with E-state index in [-0.39, 0.29) is 40.9 Å². The van der Waals surface area contributed by atoms with Crippen LogP contribution in [0.2, 0.25) is 0 Å². The van der Waals surface area contributed by atoms with Gasteiger partial charge in [0.1, 0.15) is 0 Å². The molecule has 0 atom stereocenters. The number of Topliss-reactive ketones (excluding diaryl/α,β-unsaturated/α-hetero) is 1. The summed E-state index contributed by atoms with van der Waals surface area (Å²) < 4.78 is 51.9. The number of amides is 1. The summed E-state index contributed by atoms with van der Waals surface area (Å²) in [5.74, 6) is -1.00. The second-order valence-electron chi connectivity index (χ2n) is 8.99. The lowest BCUT2D eigenvalue weighted by molar-refractivity contribution is -0.0102. The first kappa shape index (κ1) is 34.5. The Kier molecular flexibility index (Phi) is 17.0. The molecule has 0 aliphatic carbocycles. The molecule has 228 valence electrons. The molecular formula is C29H42N2O9S. The first-order chi connectivity index (χ1) is 19.8. The van der Waals surface area contributed by atoms with E-state index in [9.17, 15) is 18.0 Å². The van der Waals surface area contributed by atoms with Crippen molar-refractivity contribution >= 4 is 21.5 Å². The Bertz CT molecular complexity index is 1140. The van der Waals surface area contributed by atoms with Gasteiger partial charge in [0.25, 0.3) is 5.91 Å². The van der Waals surface area contributed by atoms with E-state index < -0.39 is 9.84 Å². The van der Waals surface area contributed by atoms with E-state index >= 15 is 0 Å². The van der Waals surface area contributed by atoms with Crippen LogP contribution in [-0.4, -0.2) is 105 Å². The largest absolute Gasteiger partial charge is 0.378 e. The third-order valence-corrected chi connectivity index (χ3v) is 7.44. The summed E-state index contributed by atoms with van der Waals surface area (Å²) in [4.78, 5) is 25.3. The van der Waals surface area contributed by atoms with Gasteiger partial charge in [0.15, 0.2) is 15.6 Å². The van der Waals surface area contributed by atoms with Crippen molar-refractivity contribution in [1.29, 1.82) is 0 Å². The van der Waals surface area contributed by atoms with Crippen LogP contribution in [0, 0.1) is 6.92 Å². The van der Waals surface area contributed by atoms with Gasteiger partial charge in [-0.25, -0.2) is 8.42 Å². The predicted molar refractivity (Wildman–Crippen MR) is 154 cm³/mol. The molecule has 12 heteroatoms. The lowest BCUT2D eigenvalue weighted by atomic mass is 10.1. The molecule has 2 aromatic rings. The molecule has 11 nitrogen and oxygen atoms in total. The molecule has 41 heavy (non-hydrogen) atoms. The van der Waals surface area contributed by atoms with Crippen molar-refractivity contribution in [3.8, 4) is 0 Å². The molecule has 0 aromatic heterocycles. The summed E-state index contributed by atoms with van der Waals surface area (Å²) in [6, 6.07) is 12.7. The Morgan fingerprint density at radius 1 is 0.732 bits per heavy atom. The highest BCUT2D eigenvalue weighted by atomic mass is 32.2. The summed E-state index contributed by atoms with van der Waals surface area (Å²) in [6.45, 7) is 7.13. The fourth-order valence-corrected chi connectivity index (χ4v) is 4.71. The van der Waals surface area contributed by atoms with E-state index in [1.165, 1.54) is 18.2 Å². The number of nitrogens with two attached hydrogens (primary N) is 1. The number of benzene rings is 2. The average molecular weight is 595 g/mol. The third-order valence-electron chi connectivity index (χ3n) is 5.71. The summed E-state index contributed by atoms with van der Waals surface area (Å²) in [5.41, 5.74) is 6.87. The molecule has 0 fully saturated rings. The van der Waals surface area contributed by atoms with Crippen LogP contribution in [0.1, 0.15) is 32.7 Å². The van der Waals surface area contributed by atoms with Crippen LogP contribution in [0.15, 0.2) is 53.4 Å². The molecular weight excluding hydrogens is 552 g/mol. The Hall–Kier alpha value is -2.71. The molecule has 1 amide bonds. The summed E-state index contributed by atoms with van der Waals surface area (Å²) in [7, 11) is -3.58. The van der Waals surface area contributed by atoms with Gasteiger partial charge in [0, 0.05) is 30.6 Å². The van der Waals surface area contributed by atoms with Gasteiger partial charge in [0.2, 0.25) is 0 Å². The van der Waals surface area contributed by atoms with Crippen molar-refractivity contribution < 1.29 is 41.7 Å². The SMILES string of the molecule is Cc1ccc(S(=O)(=O)CCC(=O)c2cccc(C(=O)NCCOCCOCCOCCOCCOCCN)c2)cc1. The number of carbonyl (C=O) groups excluding carboxylic acids is 2. The number of carbonyl (C=O) groups is 2. The molecule has 2 rings (SSSR count). The quantitative estimate of drug-likeness (QED) is 0.144. The number of ketones is 1. The Morgan fingerprint density at radius 2 is 1.24 bits per heavy atom. The number of nitrogens with one attached hydrogen (secondary N) is 1. The minimum atomic E-state index is -3.58. The topological polar surface area (TPSA) is 152 Å². The molecule has 0 radical (unpaired) electrons. The lowest BCUT2D eigenvalue weighted by Gasteiger charge is -2.09. The highest BCUT2D eigenvalue weighted by Crippen LogP contribution is 2.15. The number of aryl methyl sites for hydroxylation is 1. The Labute approximate surface area is 242 Å². The zero-order valence-corrected chi connectivity index (χ0v) is 24.5. The molecule has 2 aromatic carbocycles. The fraction of sp³-hybridized carbons (Fsp3) is 0.517. The normalized spacial score (nSPS) is 11.5. The minimum absolute atomic E-state index is 0.177. The van der Waals surface area contributed by atoms with E-state index in [1.54, 1.807) is 30.3 Å². The van der Waals surface area contributed by atoms with Gasteiger partial charge in [-0.2, -0.15) is 0 Å². The zero-order chi connectivity index (χ0) is 29.8. The molecule has 0 saturated carbocycles. The van der Waals surface area contributed by atoms with Crippen LogP contribution in [0.5, 0.6) is 0 Å². The van der Waals surface area contributed by atoms with Crippen LogP contribution in [0.4, 0.5) is 0 Å². The number of ether oxygens (including phenoxy) is 5. The van der Waals surface area contributed by atoms with Crippen LogP contribution < -0.4 is 11.1 Å². The molecule has 0 aliphatic rings. The van der Waals surface area contributed by atoms with Gasteiger partial charge < -0.3 is 34.7 Å². The minimum Gasteiger partial charge on any atom is -0.378 e. The Morgan fingerprint density at radius 3 is 1.80 bits per heavy atom. The molecule has 0 saturated heterocycles. The van der Waals surface area contributed by atoms with E-state index in [0.717, 1.165) is 5.56 Å². The summed E-state index contributed by atoms with van der Waals surface area (Å²) in [6.07, 6.45) is -0.177. The first-order valence-corrected chi connectivity index (χ1v) is 15.3. The molecule has 3 N–H and O–H groups in total. The van der Waals surface area contributed by atoms with Crippen LogP contribution in [0.25, 0.3) is 0 Å². The number of rotatable bonds is 23. The van der Waals surface area contributed by atoms with Crippen molar-refractivity contribution in [2.75, 3.05) is 84.9 Å². The predicted octanol–water partition coefficient (Wildman–Crippen LogP) is 1.81. The molecule has 0 heterocycles. The number of hydrogen-bond acceptors (Lipinski definition) is 10. The Balaban J connectivity index is 1.54. The summed E-state index contributed by atoms with van der Waals surface area (Å²) >= 11 is 0. The lowest BCUT2D eigenvalue weighted by Crippen LogP contribution is -2.27. The second kappa shape index (κ2) is 20.2. The molecule has 0 unspecified atom stereocenters. The maximum atomic E-state index is 12.6. The van der Waals surface area contributed by atoms with E-state index in [4.69, 9.17) is 29.4 Å². The zero-order valence-electron chi connectivity index (χ0n) is 23.7. The highest BCUT2D eigenvalue weighted by molar-refractivity contribution is 7.91. The molecule has 0 spiro atoms. The van der Waals surface area contributed by atoms with Gasteiger partial charge in [-0.1, -0.05) is 29.8 Å². The van der Waals surface area contributed by atoms with Gasteiger partial charge in [-0.15, -0.1) is 0 Å². The smallest absolute Gasteiger partial charge is 0.251 e. The standard InChI is InChI=1S/C29H42N2O9S/c1-24-5-7-27(8-6-24)41(34,35)22-9-28(32)25-3-2-4-26(23-25)29(33)31-11-13-37-15-17-39-19-21-40-20-18-38-16-14-36-12-10-30/h2-8,23H,9-22,30H2,1H3,(H,31,33). The van der Waals surface area contributed by atoms with Gasteiger partial charge >= 0.3 is 0 Å². The van der Waals surface area contributed by atoms with Crippen molar-refractivity contribution in [2.45, 2.75) is 18.2 Å². The summed E-state index contributed by atoms with van der Waals surface area (Å²) in [5, 5.41) is 2.74. The van der Waals surface area contributed by atoms with E-state index in [1.807, 2.05) is 6.92 Å². The highest BCUT2D eigenvalue weighted by Gasteiger charge is 2.18. The first-order valence-electron chi connectivity index (χ1n) is 13.6. The van der Waals surface area contributed by atoms with Crippen molar-refractivity contribution in [3.63, 3.8) is 0 Å². The van der Waals surface area contributed by atoms with Crippen LogP contribution >= 0.6 is 0 Å². The van der Waals surface area contributed by atoms with Gasteiger partial charge in [-0.3, -0.25) is 9.59 Å². The maximum absolute atomic E-state index is 12.6. The molecule has 0 aliphatic heterocycles. The van der Waals surface area contributed by atoms with Crippen LogP contribution in [0.3, 0.4) is 0 Å². The van der Waals surface area contributed by atoms with E-state index in [0.29, 0.717) is 78.2 Å². The van der Waals surface area contributed by atoms with E-state index in [2.05, 4.69) is 5.32 Å². The number of sulfone groups is 1. The van der Waals surface area contributed by atoms with Crippen molar-refractivity contribution in [2.24, 2.45) is 5.73 Å². The molecule has 0 bridgehead atoms. The van der Waals surface area contributed by atoms with Gasteiger partial charge in [-0.05, 0) is 31.2 Å². The van der Waals surface area contributed by atoms with Crippen molar-refractivity contribution in [1.82, 2.24) is 5.32 Å². The third kappa shape index (κ3) is 14.7. The van der Waals surface area contributed by atoms with Crippen molar-refractivity contribution in [3.05, 3.63) is 65.2 Å². The monoisotopic (exact) mass is 594 g/mol.